The first-order chi connectivity index (χ1) is 6.06. The van der Waals surface area contributed by atoms with Crippen LogP contribution in [0.4, 0.5) is 0 Å². The number of aliphatic hydroxyl groups is 1. The third kappa shape index (κ3) is 8.40. The molecule has 0 aromatic rings. The summed E-state index contributed by atoms with van der Waals surface area (Å²) in [4.78, 5) is 0. The molecule has 0 spiro atoms. The van der Waals surface area contributed by atoms with Gasteiger partial charge in [0.2, 0.25) is 0 Å². The fraction of sp³-hybridized carbons (Fsp3) is 1.00. The van der Waals surface area contributed by atoms with Crippen LogP contribution in [-0.4, -0.2) is 40.0 Å². The van der Waals surface area contributed by atoms with Crippen LogP contribution in [0.1, 0.15) is 20.8 Å². The van der Waals surface area contributed by atoms with Crippen LogP contribution in [0, 0.1) is 5.92 Å². The average molecular weight is 207 g/mol. The van der Waals surface area contributed by atoms with Crippen molar-refractivity contribution < 1.29 is 9.32 Å². The van der Waals surface area contributed by atoms with Crippen molar-refractivity contribution in [2.24, 2.45) is 5.92 Å². The van der Waals surface area contributed by atoms with Crippen LogP contribution >= 0.6 is 0 Å². The standard InChI is InChI=1S/C9H21NO2S/c1-4-10-5-9(11)7-13(12)6-8(2)3/h8-11H,4-7H2,1-3H3. The molecule has 0 rings (SSSR count). The minimum atomic E-state index is -0.874. The Kier molecular flexibility index (Phi) is 7.51. The predicted octanol–water partition coefficient (Wildman–Crippen LogP) is 0.361. The number of rotatable bonds is 7. The lowest BCUT2D eigenvalue weighted by molar-refractivity contribution is 0.195. The van der Waals surface area contributed by atoms with E-state index in [9.17, 15) is 9.32 Å². The maximum atomic E-state index is 11.4. The van der Waals surface area contributed by atoms with Crippen molar-refractivity contribution in [2.45, 2.75) is 26.9 Å². The van der Waals surface area contributed by atoms with Crippen LogP contribution in [0.3, 0.4) is 0 Å². The molecule has 4 heteroatoms. The van der Waals surface area contributed by atoms with Crippen LogP contribution in [0.25, 0.3) is 0 Å². The number of nitrogens with one attached hydrogen (secondary N) is 1. The zero-order chi connectivity index (χ0) is 10.3. The molecule has 0 aliphatic rings. The van der Waals surface area contributed by atoms with E-state index in [4.69, 9.17) is 0 Å². The molecule has 0 aromatic carbocycles. The van der Waals surface area contributed by atoms with E-state index in [1.807, 2.05) is 20.8 Å². The van der Waals surface area contributed by atoms with Gasteiger partial charge < -0.3 is 10.4 Å². The third-order valence-corrected chi connectivity index (χ3v) is 3.32. The van der Waals surface area contributed by atoms with E-state index in [1.54, 1.807) is 0 Å². The third-order valence-electron chi connectivity index (χ3n) is 1.53. The zero-order valence-electron chi connectivity index (χ0n) is 8.75. The van der Waals surface area contributed by atoms with Gasteiger partial charge in [0.05, 0.1) is 11.9 Å². The minimum absolute atomic E-state index is 0.394. The molecule has 0 aliphatic heterocycles. The summed E-state index contributed by atoms with van der Waals surface area (Å²) in [5.41, 5.74) is 0. The van der Waals surface area contributed by atoms with E-state index in [0.717, 1.165) is 6.54 Å². The molecule has 0 amide bonds. The number of likely N-dealkylation sites (N-methyl/N-ethyl adjacent to an activating group) is 1. The van der Waals surface area contributed by atoms with E-state index >= 15 is 0 Å². The second-order valence-electron chi connectivity index (χ2n) is 3.63. The van der Waals surface area contributed by atoms with E-state index < -0.39 is 16.9 Å². The molecule has 0 bridgehead atoms. The van der Waals surface area contributed by atoms with Crippen molar-refractivity contribution >= 4 is 10.8 Å². The van der Waals surface area contributed by atoms with Crippen molar-refractivity contribution in [3.8, 4) is 0 Å². The van der Waals surface area contributed by atoms with Gasteiger partial charge in [-0.15, -0.1) is 0 Å². The smallest absolute Gasteiger partial charge is 0.0779 e. The number of hydrogen-bond donors (Lipinski definition) is 2. The van der Waals surface area contributed by atoms with Crippen LogP contribution in [0.2, 0.25) is 0 Å². The molecule has 0 heterocycles. The lowest BCUT2D eigenvalue weighted by Gasteiger charge is -2.11. The maximum absolute atomic E-state index is 11.4. The van der Waals surface area contributed by atoms with Crippen molar-refractivity contribution in [3.05, 3.63) is 0 Å². The van der Waals surface area contributed by atoms with Crippen LogP contribution < -0.4 is 5.32 Å². The summed E-state index contributed by atoms with van der Waals surface area (Å²) in [6, 6.07) is 0. The summed E-state index contributed by atoms with van der Waals surface area (Å²) < 4.78 is 11.4. The van der Waals surface area contributed by atoms with E-state index in [-0.39, 0.29) is 0 Å². The molecule has 0 radical (unpaired) electrons. The lowest BCUT2D eigenvalue weighted by atomic mass is 10.3. The van der Waals surface area contributed by atoms with Gasteiger partial charge in [0, 0.05) is 23.1 Å². The summed E-state index contributed by atoms with van der Waals surface area (Å²) in [6.07, 6.45) is -0.473. The van der Waals surface area contributed by atoms with Crippen molar-refractivity contribution in [2.75, 3.05) is 24.6 Å². The highest BCUT2D eigenvalue weighted by atomic mass is 32.2. The van der Waals surface area contributed by atoms with Crippen LogP contribution in [-0.2, 0) is 10.8 Å². The Morgan fingerprint density at radius 1 is 1.38 bits per heavy atom. The quantitative estimate of drug-likeness (QED) is 0.634. The number of hydrogen-bond acceptors (Lipinski definition) is 3. The van der Waals surface area contributed by atoms with Gasteiger partial charge in [0.15, 0.2) is 0 Å². The Hall–Kier alpha value is 0.0700. The molecule has 0 saturated heterocycles. The summed E-state index contributed by atoms with van der Waals surface area (Å²) in [5, 5.41) is 12.4. The first kappa shape index (κ1) is 13.1. The Bertz CT molecular complexity index is 151. The first-order valence-electron chi connectivity index (χ1n) is 4.80. The molecule has 0 fully saturated rings. The van der Waals surface area contributed by atoms with E-state index in [1.165, 1.54) is 0 Å². The normalized spacial score (nSPS) is 16.1. The first-order valence-corrected chi connectivity index (χ1v) is 6.28. The molecular formula is C9H21NO2S. The largest absolute Gasteiger partial charge is 0.391 e. The molecule has 80 valence electrons. The summed E-state index contributed by atoms with van der Waals surface area (Å²) >= 11 is 0. The van der Waals surface area contributed by atoms with Gasteiger partial charge in [-0.3, -0.25) is 4.21 Å². The Labute approximate surface area is 83.4 Å². The highest BCUT2D eigenvalue weighted by Crippen LogP contribution is 1.97. The predicted molar refractivity (Wildman–Crippen MR) is 57.3 cm³/mol. The second kappa shape index (κ2) is 7.47. The topological polar surface area (TPSA) is 49.3 Å². The highest BCUT2D eigenvalue weighted by molar-refractivity contribution is 7.85. The summed E-state index contributed by atoms with van der Waals surface area (Å²) in [6.45, 7) is 7.44. The van der Waals surface area contributed by atoms with E-state index in [0.29, 0.717) is 24.0 Å². The van der Waals surface area contributed by atoms with E-state index in [2.05, 4.69) is 5.32 Å². The molecule has 2 unspecified atom stereocenters. The molecule has 2 N–H and O–H groups in total. The fourth-order valence-corrected chi connectivity index (χ4v) is 2.45. The van der Waals surface area contributed by atoms with Crippen LogP contribution in [0.15, 0.2) is 0 Å². The zero-order valence-corrected chi connectivity index (χ0v) is 9.56. The maximum Gasteiger partial charge on any atom is 0.0779 e. The Morgan fingerprint density at radius 3 is 2.46 bits per heavy atom. The van der Waals surface area contributed by atoms with Gasteiger partial charge in [0.1, 0.15) is 0 Å². The van der Waals surface area contributed by atoms with Crippen molar-refractivity contribution in [1.29, 1.82) is 0 Å². The molecule has 0 saturated carbocycles. The van der Waals surface area contributed by atoms with Gasteiger partial charge in [-0.05, 0) is 12.5 Å². The minimum Gasteiger partial charge on any atom is -0.391 e. The molecule has 0 aromatic heterocycles. The summed E-state index contributed by atoms with van der Waals surface area (Å²) in [7, 11) is -0.874. The van der Waals surface area contributed by atoms with Gasteiger partial charge in [-0.2, -0.15) is 0 Å². The van der Waals surface area contributed by atoms with Gasteiger partial charge in [-0.25, -0.2) is 0 Å². The molecule has 3 nitrogen and oxygen atoms in total. The van der Waals surface area contributed by atoms with Gasteiger partial charge >= 0.3 is 0 Å². The molecular weight excluding hydrogens is 186 g/mol. The average Bonchev–Trinajstić information content (AvgIpc) is 1.98. The molecule has 13 heavy (non-hydrogen) atoms. The van der Waals surface area contributed by atoms with Crippen molar-refractivity contribution in [3.63, 3.8) is 0 Å². The van der Waals surface area contributed by atoms with Gasteiger partial charge in [0.25, 0.3) is 0 Å². The van der Waals surface area contributed by atoms with Crippen molar-refractivity contribution in [1.82, 2.24) is 5.32 Å². The Balaban J connectivity index is 3.53. The number of aliphatic hydroxyl groups excluding tert-OH is 1. The molecule has 0 aliphatic carbocycles. The summed E-state index contributed by atoms with van der Waals surface area (Å²) in [5.74, 6) is 1.51. The van der Waals surface area contributed by atoms with Crippen LogP contribution in [0.5, 0.6) is 0 Å². The van der Waals surface area contributed by atoms with Gasteiger partial charge in [-0.1, -0.05) is 20.8 Å². The highest BCUT2D eigenvalue weighted by Gasteiger charge is 2.09. The molecule has 2 atom stereocenters. The lowest BCUT2D eigenvalue weighted by Crippen LogP contribution is -2.31. The Morgan fingerprint density at radius 2 is 2.00 bits per heavy atom. The SMILES string of the molecule is CCNCC(O)CS(=O)CC(C)C. The fourth-order valence-electron chi connectivity index (χ4n) is 1.02. The second-order valence-corrected chi connectivity index (χ2v) is 5.17. The monoisotopic (exact) mass is 207 g/mol.